The topological polar surface area (TPSA) is 71.9 Å². The van der Waals surface area contributed by atoms with Crippen molar-refractivity contribution in [3.8, 4) is 5.75 Å². The minimum Gasteiger partial charge on any atom is -0.497 e. The number of carbonyl (C=O) groups is 1. The molecule has 84 valence electrons. The normalized spacial score (nSPS) is 9.19. The molecule has 0 aliphatic rings. The Morgan fingerprint density at radius 2 is 2.12 bits per heavy atom. The van der Waals surface area contributed by atoms with Gasteiger partial charge in [-0.05, 0) is 18.2 Å². The summed E-state index contributed by atoms with van der Waals surface area (Å²) in [6.45, 7) is 0. The highest BCUT2D eigenvalue weighted by molar-refractivity contribution is 6.45. The highest BCUT2D eigenvalue weighted by Crippen LogP contribution is 2.22. The van der Waals surface area contributed by atoms with Crippen LogP contribution in [0.5, 0.6) is 5.75 Å². The lowest BCUT2D eigenvalue weighted by Gasteiger charge is -2.02. The number of esters is 1. The third-order valence-electron chi connectivity index (χ3n) is 1.91. The second-order valence-electron chi connectivity index (χ2n) is 2.79. The van der Waals surface area contributed by atoms with E-state index in [2.05, 4.69) is 9.53 Å². The highest BCUT2D eigenvalue weighted by Gasteiger charge is 2.26. The molecule has 0 unspecified atom stereocenters. The molecule has 0 aliphatic heterocycles. The summed E-state index contributed by atoms with van der Waals surface area (Å²) in [6, 6.07) is 4.64. The van der Waals surface area contributed by atoms with Gasteiger partial charge in [0, 0.05) is 0 Å². The molecule has 0 atom stereocenters. The summed E-state index contributed by atoms with van der Waals surface area (Å²) >= 11 is 5.87. The summed E-state index contributed by atoms with van der Waals surface area (Å²) < 4.78 is 9.43. The summed E-state index contributed by atoms with van der Waals surface area (Å²) in [5, 5.41) is 0.263. The number of benzene rings is 1. The van der Waals surface area contributed by atoms with Crippen molar-refractivity contribution in [2.45, 2.75) is 0 Å². The molecule has 0 N–H and O–H groups in total. The maximum absolute atomic E-state index is 11.3. The zero-order valence-electron chi connectivity index (χ0n) is 8.73. The van der Waals surface area contributed by atoms with Crippen LogP contribution in [0, 0.1) is 0 Å². The molecule has 0 radical (unpaired) electrons. The van der Waals surface area contributed by atoms with Gasteiger partial charge in [0.1, 0.15) is 5.75 Å². The lowest BCUT2D eigenvalue weighted by atomic mass is 10.1. The molecule has 0 saturated heterocycles. The highest BCUT2D eigenvalue weighted by atomic mass is 35.5. The number of rotatable bonds is 3. The van der Waals surface area contributed by atoms with Crippen LogP contribution in [0.15, 0.2) is 18.2 Å². The van der Waals surface area contributed by atoms with Crippen LogP contribution in [0.3, 0.4) is 0 Å². The number of halogens is 1. The molecule has 6 heteroatoms. The summed E-state index contributed by atoms with van der Waals surface area (Å²) in [5.41, 5.74) is 8.73. The van der Waals surface area contributed by atoms with Gasteiger partial charge in [0.15, 0.2) is 0 Å². The van der Waals surface area contributed by atoms with Gasteiger partial charge in [-0.2, -0.15) is 4.79 Å². The van der Waals surface area contributed by atoms with E-state index < -0.39 is 5.97 Å². The van der Waals surface area contributed by atoms with E-state index in [4.69, 9.17) is 21.9 Å². The fourth-order valence-electron chi connectivity index (χ4n) is 1.11. The van der Waals surface area contributed by atoms with E-state index in [0.717, 1.165) is 0 Å². The Morgan fingerprint density at radius 1 is 1.44 bits per heavy atom. The molecule has 0 amide bonds. The zero-order valence-corrected chi connectivity index (χ0v) is 9.49. The van der Waals surface area contributed by atoms with E-state index in [-0.39, 0.29) is 16.3 Å². The summed E-state index contributed by atoms with van der Waals surface area (Å²) in [4.78, 5) is 14.2. The first-order valence-corrected chi connectivity index (χ1v) is 4.66. The lowest BCUT2D eigenvalue weighted by Crippen LogP contribution is -2.18. The first-order valence-electron chi connectivity index (χ1n) is 4.28. The Morgan fingerprint density at radius 3 is 2.62 bits per heavy atom. The third-order valence-corrected chi connectivity index (χ3v) is 2.24. The van der Waals surface area contributed by atoms with Gasteiger partial charge in [-0.15, -0.1) is 0 Å². The van der Waals surface area contributed by atoms with Crippen molar-refractivity contribution in [2.75, 3.05) is 14.2 Å². The van der Waals surface area contributed by atoms with Crippen molar-refractivity contribution in [3.63, 3.8) is 0 Å². The fraction of sp³-hybridized carbons (Fsp3) is 0.200. The molecule has 1 rings (SSSR count). The van der Waals surface area contributed by atoms with Gasteiger partial charge in [0.25, 0.3) is 0 Å². The van der Waals surface area contributed by atoms with E-state index in [0.29, 0.717) is 5.75 Å². The Labute approximate surface area is 97.2 Å². The van der Waals surface area contributed by atoms with Crippen LogP contribution in [0.1, 0.15) is 5.56 Å². The van der Waals surface area contributed by atoms with E-state index in [9.17, 15) is 4.79 Å². The van der Waals surface area contributed by atoms with E-state index in [1.165, 1.54) is 26.4 Å². The van der Waals surface area contributed by atoms with Crippen molar-refractivity contribution in [1.29, 1.82) is 0 Å². The average Bonchev–Trinajstić information content (AvgIpc) is 2.32. The van der Waals surface area contributed by atoms with Crippen molar-refractivity contribution in [2.24, 2.45) is 0 Å². The molecule has 1 aromatic carbocycles. The molecule has 16 heavy (non-hydrogen) atoms. The van der Waals surface area contributed by atoms with E-state index in [1.54, 1.807) is 6.07 Å². The molecule has 0 fully saturated rings. The van der Waals surface area contributed by atoms with Crippen molar-refractivity contribution in [1.82, 2.24) is 0 Å². The maximum Gasteiger partial charge on any atom is 0.422 e. The first kappa shape index (κ1) is 12.2. The molecular weight excluding hydrogens is 232 g/mol. The van der Waals surface area contributed by atoms with Crippen LogP contribution in [0.2, 0.25) is 5.02 Å². The molecule has 5 nitrogen and oxygen atoms in total. The number of carbonyl (C=O) groups excluding carboxylic acids is 1. The average molecular weight is 241 g/mol. The minimum atomic E-state index is -0.780. The zero-order chi connectivity index (χ0) is 12.1. The quantitative estimate of drug-likeness (QED) is 0.348. The van der Waals surface area contributed by atoms with Crippen molar-refractivity contribution in [3.05, 3.63) is 34.3 Å². The monoisotopic (exact) mass is 240 g/mol. The molecule has 0 bridgehead atoms. The standard InChI is InChI=1S/C10H9ClN2O3/c1-15-6-3-4-8(11)7(5-6)9(13-12)10(14)16-2/h3-5H,1-2H3. The molecular formula is C10H9ClN2O3. The number of methoxy groups -OCH3 is 2. The SMILES string of the molecule is COC(=O)C(=[N+]=[N-])c1cc(OC)ccc1Cl. The van der Waals surface area contributed by atoms with Crippen molar-refractivity contribution < 1.29 is 19.1 Å². The minimum absolute atomic E-state index is 0.246. The number of hydrogen-bond acceptors (Lipinski definition) is 3. The van der Waals surface area contributed by atoms with Gasteiger partial charge in [-0.25, -0.2) is 4.79 Å². The van der Waals surface area contributed by atoms with Crippen LogP contribution >= 0.6 is 11.6 Å². The lowest BCUT2D eigenvalue weighted by molar-refractivity contribution is -0.137. The smallest absolute Gasteiger partial charge is 0.422 e. The predicted molar refractivity (Wildman–Crippen MR) is 57.7 cm³/mol. The van der Waals surface area contributed by atoms with Gasteiger partial charge < -0.3 is 15.0 Å². The van der Waals surface area contributed by atoms with Crippen LogP contribution < -0.4 is 4.74 Å². The molecule has 0 heterocycles. The fourth-order valence-corrected chi connectivity index (χ4v) is 1.32. The predicted octanol–water partition coefficient (Wildman–Crippen LogP) is 1.54. The third kappa shape index (κ3) is 2.39. The molecule has 0 aliphatic carbocycles. The van der Waals surface area contributed by atoms with Gasteiger partial charge in [0.05, 0.1) is 24.8 Å². The second-order valence-corrected chi connectivity index (χ2v) is 3.19. The Balaban J connectivity index is 3.30. The Hall–Kier alpha value is -1.84. The first-order chi connectivity index (χ1) is 7.63. The number of hydrogen-bond donors (Lipinski definition) is 0. The molecule has 0 spiro atoms. The second kappa shape index (κ2) is 5.30. The summed E-state index contributed by atoms with van der Waals surface area (Å²) in [6.07, 6.45) is 0. The maximum atomic E-state index is 11.3. The summed E-state index contributed by atoms with van der Waals surface area (Å²) in [7, 11) is 2.66. The number of nitrogens with zero attached hydrogens (tertiary/aromatic N) is 2. The largest absolute Gasteiger partial charge is 0.497 e. The van der Waals surface area contributed by atoms with Crippen LogP contribution in [0.25, 0.3) is 5.53 Å². The van der Waals surface area contributed by atoms with Crippen LogP contribution in [-0.2, 0) is 9.53 Å². The van der Waals surface area contributed by atoms with Gasteiger partial charge in [-0.1, -0.05) is 11.6 Å². The van der Waals surface area contributed by atoms with Gasteiger partial charge >= 0.3 is 11.7 Å². The van der Waals surface area contributed by atoms with Gasteiger partial charge in [0.2, 0.25) is 0 Å². The molecule has 0 aromatic heterocycles. The molecule has 0 saturated carbocycles. The summed E-state index contributed by atoms with van der Waals surface area (Å²) in [5.74, 6) is -0.290. The molecule has 1 aromatic rings. The Bertz CT molecular complexity index is 467. The van der Waals surface area contributed by atoms with E-state index >= 15 is 0 Å². The van der Waals surface area contributed by atoms with Gasteiger partial charge in [-0.3, -0.25) is 0 Å². The van der Waals surface area contributed by atoms with E-state index in [1.807, 2.05) is 0 Å². The van der Waals surface area contributed by atoms with Crippen molar-refractivity contribution >= 4 is 23.3 Å². The van der Waals surface area contributed by atoms with Crippen LogP contribution in [-0.4, -0.2) is 30.7 Å². The van der Waals surface area contributed by atoms with Crippen LogP contribution in [0.4, 0.5) is 0 Å². The Kier molecular flexibility index (Phi) is 4.05. The number of ether oxygens (including phenoxy) is 2.